The monoisotopic (exact) mass is 618 g/mol. The van der Waals surface area contributed by atoms with E-state index in [-0.39, 0.29) is 10.8 Å². The predicted molar refractivity (Wildman–Crippen MR) is 192 cm³/mol. The Balaban J connectivity index is 1.26. The lowest BCUT2D eigenvalue weighted by Gasteiger charge is -2.44. The molecule has 0 amide bonds. The van der Waals surface area contributed by atoms with Gasteiger partial charge in [-0.2, -0.15) is 0 Å². The van der Waals surface area contributed by atoms with Crippen LogP contribution in [0.4, 0.5) is 11.4 Å². The molecule has 4 nitrogen and oxygen atoms in total. The van der Waals surface area contributed by atoms with Gasteiger partial charge in [-0.25, -0.2) is 0 Å². The second kappa shape index (κ2) is 11.5. The summed E-state index contributed by atoms with van der Waals surface area (Å²) in [5.41, 5.74) is 15.0. The first-order valence-electron chi connectivity index (χ1n) is 18.0. The maximum atomic E-state index is 6.83. The molecule has 1 atom stereocenters. The van der Waals surface area contributed by atoms with E-state index < -0.39 is 5.72 Å². The van der Waals surface area contributed by atoms with E-state index in [1.807, 2.05) is 0 Å². The highest BCUT2D eigenvalue weighted by molar-refractivity contribution is 5.76. The van der Waals surface area contributed by atoms with Crippen molar-refractivity contribution < 1.29 is 9.47 Å². The smallest absolute Gasteiger partial charge is 0.169 e. The van der Waals surface area contributed by atoms with Crippen molar-refractivity contribution >= 4 is 11.4 Å². The third-order valence-electron chi connectivity index (χ3n) is 12.0. The fourth-order valence-electron chi connectivity index (χ4n) is 9.65. The largest absolute Gasteiger partial charge is 0.493 e. The van der Waals surface area contributed by atoms with Crippen molar-refractivity contribution in [1.29, 1.82) is 0 Å². The normalized spacial score (nSPS) is 26.0. The Morgan fingerprint density at radius 3 is 2.07 bits per heavy atom. The third kappa shape index (κ3) is 4.49. The van der Waals surface area contributed by atoms with E-state index >= 15 is 0 Å². The zero-order chi connectivity index (χ0) is 32.4. The molecule has 2 aliphatic heterocycles. The highest BCUT2D eigenvalue weighted by atomic mass is 16.5. The summed E-state index contributed by atoms with van der Waals surface area (Å²) in [5, 5.41) is 0. The van der Waals surface area contributed by atoms with Crippen LogP contribution in [0.25, 0.3) is 0 Å². The Hall–Kier alpha value is -3.24. The van der Waals surface area contributed by atoms with Gasteiger partial charge in [0.15, 0.2) is 5.72 Å². The summed E-state index contributed by atoms with van der Waals surface area (Å²) in [6.07, 6.45) is 19.9. The van der Waals surface area contributed by atoms with Gasteiger partial charge in [0.05, 0.1) is 6.61 Å². The molecule has 0 saturated carbocycles. The van der Waals surface area contributed by atoms with Gasteiger partial charge in [0.2, 0.25) is 0 Å². The van der Waals surface area contributed by atoms with E-state index in [1.165, 1.54) is 82.6 Å². The van der Waals surface area contributed by atoms with Crippen LogP contribution in [-0.2, 0) is 46.0 Å². The van der Waals surface area contributed by atoms with E-state index in [1.54, 1.807) is 11.1 Å². The highest BCUT2D eigenvalue weighted by Crippen LogP contribution is 2.55. The fraction of sp³-hybridized carbons (Fsp3) is 0.524. The first-order chi connectivity index (χ1) is 22.1. The quantitative estimate of drug-likeness (QED) is 0.309. The molecule has 2 aromatic rings. The highest BCUT2D eigenvalue weighted by Gasteiger charge is 2.56. The second-order valence-corrected chi connectivity index (χ2v) is 15.1. The van der Waals surface area contributed by atoms with Crippen LogP contribution in [0.15, 0.2) is 71.2 Å². The Bertz CT molecular complexity index is 1690. The summed E-state index contributed by atoms with van der Waals surface area (Å²) in [4.78, 5) is 4.92. The minimum atomic E-state index is -0.571. The molecule has 0 aromatic heterocycles. The molecular formula is C42H54N2O2. The second-order valence-electron chi connectivity index (χ2n) is 15.1. The topological polar surface area (TPSA) is 24.9 Å². The Morgan fingerprint density at radius 2 is 1.39 bits per heavy atom. The molecule has 2 aromatic carbocycles. The Labute approximate surface area is 277 Å². The van der Waals surface area contributed by atoms with E-state index in [4.69, 9.17) is 9.47 Å². The zero-order valence-corrected chi connectivity index (χ0v) is 29.6. The van der Waals surface area contributed by atoms with Crippen LogP contribution in [0.1, 0.15) is 107 Å². The number of fused-ring (bicyclic) bond motifs is 6. The molecule has 0 N–H and O–H groups in total. The minimum Gasteiger partial charge on any atom is -0.493 e. The summed E-state index contributed by atoms with van der Waals surface area (Å²) in [6, 6.07) is 9.53. The van der Waals surface area contributed by atoms with Gasteiger partial charge in [0.1, 0.15) is 5.76 Å². The predicted octanol–water partition coefficient (Wildman–Crippen LogP) is 9.39. The van der Waals surface area contributed by atoms with Gasteiger partial charge in [0, 0.05) is 48.6 Å². The van der Waals surface area contributed by atoms with Crippen molar-refractivity contribution in [3.63, 3.8) is 0 Å². The first-order valence-corrected chi connectivity index (χ1v) is 18.0. The van der Waals surface area contributed by atoms with Crippen LogP contribution >= 0.6 is 0 Å². The van der Waals surface area contributed by atoms with Crippen molar-refractivity contribution in [3.05, 3.63) is 105 Å². The van der Waals surface area contributed by atoms with Crippen molar-refractivity contribution in [2.75, 3.05) is 37.1 Å². The van der Waals surface area contributed by atoms with Gasteiger partial charge >= 0.3 is 0 Å². The molecule has 4 heteroatoms. The van der Waals surface area contributed by atoms with Crippen molar-refractivity contribution in [3.8, 4) is 0 Å². The van der Waals surface area contributed by atoms with Gasteiger partial charge in [0.25, 0.3) is 0 Å². The number of likely N-dealkylation sites (N-methyl/N-ethyl adjacent to an activating group) is 2. The molecule has 46 heavy (non-hydrogen) atoms. The molecule has 0 bridgehead atoms. The summed E-state index contributed by atoms with van der Waals surface area (Å²) in [7, 11) is 4.51. The Morgan fingerprint density at radius 1 is 0.739 bits per heavy atom. The molecule has 0 spiro atoms. The van der Waals surface area contributed by atoms with Gasteiger partial charge in [-0.15, -0.1) is 0 Å². The summed E-state index contributed by atoms with van der Waals surface area (Å²) in [6.45, 7) is 15.0. The van der Waals surface area contributed by atoms with Crippen LogP contribution < -0.4 is 9.80 Å². The number of benzene rings is 2. The lowest BCUT2D eigenvalue weighted by Crippen LogP contribution is -2.55. The SMILES string of the molecule is CCOC1=C(C=CC2(OCC)N(C)c3c(ccc4c3CCC4)C2(C)C)CCCC1=CC=C1N(C)c2c(ccc3c2CCC3)C1(C)C. The lowest BCUT2D eigenvalue weighted by atomic mass is 9.76. The average Bonchev–Trinajstić information content (AvgIpc) is 3.78. The number of aryl methyl sites for hydroxylation is 2. The molecule has 2 heterocycles. The van der Waals surface area contributed by atoms with Crippen molar-refractivity contribution in [2.45, 2.75) is 116 Å². The van der Waals surface area contributed by atoms with Crippen LogP contribution in [0, 0.1) is 0 Å². The van der Waals surface area contributed by atoms with Crippen LogP contribution in [0.5, 0.6) is 0 Å². The molecule has 0 radical (unpaired) electrons. The lowest BCUT2D eigenvalue weighted by molar-refractivity contribution is -0.0404. The molecular weight excluding hydrogens is 564 g/mol. The van der Waals surface area contributed by atoms with Gasteiger partial charge in [-0.1, -0.05) is 64.1 Å². The van der Waals surface area contributed by atoms with Crippen LogP contribution in [-0.4, -0.2) is 33.0 Å². The van der Waals surface area contributed by atoms with E-state index in [0.29, 0.717) is 13.2 Å². The summed E-state index contributed by atoms with van der Waals surface area (Å²) in [5.74, 6) is 1.06. The summed E-state index contributed by atoms with van der Waals surface area (Å²) >= 11 is 0. The zero-order valence-electron chi connectivity index (χ0n) is 29.6. The number of ether oxygens (including phenoxy) is 2. The summed E-state index contributed by atoms with van der Waals surface area (Å²) < 4.78 is 13.3. The average molecular weight is 619 g/mol. The van der Waals surface area contributed by atoms with Crippen LogP contribution in [0.2, 0.25) is 0 Å². The number of nitrogens with zero attached hydrogens (tertiary/aromatic N) is 2. The van der Waals surface area contributed by atoms with Crippen LogP contribution in [0.3, 0.4) is 0 Å². The van der Waals surface area contributed by atoms with E-state index in [0.717, 1.165) is 31.4 Å². The number of hydrogen-bond acceptors (Lipinski definition) is 4. The third-order valence-corrected chi connectivity index (χ3v) is 12.0. The Kier molecular flexibility index (Phi) is 7.82. The van der Waals surface area contributed by atoms with Crippen molar-refractivity contribution in [1.82, 2.24) is 0 Å². The first kappa shape index (κ1) is 31.4. The molecule has 7 rings (SSSR count). The molecule has 5 aliphatic rings. The molecule has 3 aliphatic carbocycles. The number of allylic oxidation sites excluding steroid dienone is 6. The van der Waals surface area contributed by atoms with Gasteiger partial charge in [-0.05, 0) is 128 Å². The molecule has 0 saturated heterocycles. The maximum Gasteiger partial charge on any atom is 0.169 e. The van der Waals surface area contributed by atoms with E-state index in [2.05, 4.69) is 114 Å². The number of rotatable bonds is 7. The maximum absolute atomic E-state index is 6.83. The standard InChI is InChI=1S/C42H54N2O2/c1-9-45-39-30(22-25-36-40(3,4)34-23-20-28-14-12-18-32(28)37(34)43(36)7)16-11-17-31(39)26-27-42(46-10-2)41(5,6)35-24-21-29-15-13-19-33(29)38(35)44(42)8/h20-27H,9-19H2,1-8H3. The number of hydrogen-bond donors (Lipinski definition) is 0. The minimum absolute atomic E-state index is 0.0383. The van der Waals surface area contributed by atoms with E-state index in [9.17, 15) is 0 Å². The molecule has 0 fully saturated rings. The van der Waals surface area contributed by atoms with Gasteiger partial charge in [-0.3, -0.25) is 0 Å². The van der Waals surface area contributed by atoms with Crippen molar-refractivity contribution in [2.24, 2.45) is 0 Å². The fourth-order valence-corrected chi connectivity index (χ4v) is 9.65. The molecule has 1 unspecified atom stereocenters. The van der Waals surface area contributed by atoms with Gasteiger partial charge < -0.3 is 19.3 Å². The number of anilines is 2. The molecule has 244 valence electrons.